The summed E-state index contributed by atoms with van der Waals surface area (Å²) in [5.41, 5.74) is -0.0489. The number of hydrogen-bond acceptors (Lipinski definition) is 2. The Kier molecular flexibility index (Phi) is 3.84. The van der Waals surface area contributed by atoms with Gasteiger partial charge in [-0.1, -0.05) is 18.0 Å². The van der Waals surface area contributed by atoms with Gasteiger partial charge >= 0.3 is 0 Å². The average molecular weight is 262 g/mol. The molecule has 0 aliphatic carbocycles. The third-order valence-electron chi connectivity index (χ3n) is 3.10. The fourth-order valence-corrected chi connectivity index (χ4v) is 2.32. The van der Waals surface area contributed by atoms with Crippen LogP contribution in [0.1, 0.15) is 24.8 Å². The molecule has 1 unspecified atom stereocenters. The summed E-state index contributed by atoms with van der Waals surface area (Å²) >= 11 is 5.56. The maximum atomic E-state index is 13.7. The summed E-state index contributed by atoms with van der Waals surface area (Å²) in [6.45, 7) is 0.875. The second kappa shape index (κ2) is 5.19. The molecule has 1 atom stereocenters. The Morgan fingerprint density at radius 1 is 1.41 bits per heavy atom. The zero-order valence-electron chi connectivity index (χ0n) is 9.27. The van der Waals surface area contributed by atoms with Crippen LogP contribution in [-0.2, 0) is 6.42 Å². The molecule has 5 heteroatoms. The molecule has 0 bridgehead atoms. The van der Waals surface area contributed by atoms with Crippen molar-refractivity contribution in [3.05, 3.63) is 28.3 Å². The quantitative estimate of drug-likeness (QED) is 0.802. The molecule has 1 heterocycles. The first-order valence-electron chi connectivity index (χ1n) is 5.68. The van der Waals surface area contributed by atoms with E-state index in [9.17, 15) is 13.9 Å². The van der Waals surface area contributed by atoms with Gasteiger partial charge in [-0.05, 0) is 25.8 Å². The van der Waals surface area contributed by atoms with E-state index in [0.29, 0.717) is 0 Å². The van der Waals surface area contributed by atoms with Crippen LogP contribution in [0.15, 0.2) is 6.07 Å². The predicted molar refractivity (Wildman–Crippen MR) is 62.4 cm³/mol. The number of halogens is 3. The van der Waals surface area contributed by atoms with Crippen LogP contribution in [0, 0.1) is 11.6 Å². The number of aromatic hydroxyl groups is 1. The molecule has 1 saturated heterocycles. The van der Waals surface area contributed by atoms with Crippen LogP contribution in [-0.4, -0.2) is 17.7 Å². The predicted octanol–water partition coefficient (Wildman–Crippen LogP) is 3.01. The number of nitrogens with one attached hydrogen (secondary N) is 1. The summed E-state index contributed by atoms with van der Waals surface area (Å²) in [5.74, 6) is -2.14. The first-order chi connectivity index (χ1) is 8.09. The zero-order valence-corrected chi connectivity index (χ0v) is 10.0. The zero-order chi connectivity index (χ0) is 12.4. The molecular weight excluding hydrogens is 248 g/mol. The summed E-state index contributed by atoms with van der Waals surface area (Å²) in [6.07, 6.45) is 3.32. The van der Waals surface area contributed by atoms with Gasteiger partial charge in [0.15, 0.2) is 5.82 Å². The van der Waals surface area contributed by atoms with Crippen molar-refractivity contribution in [3.8, 4) is 5.75 Å². The highest BCUT2D eigenvalue weighted by molar-refractivity contribution is 6.32. The summed E-state index contributed by atoms with van der Waals surface area (Å²) in [6, 6.07) is 0.942. The maximum Gasteiger partial charge on any atom is 0.151 e. The molecule has 0 saturated carbocycles. The molecule has 0 spiro atoms. The minimum absolute atomic E-state index is 0.0489. The minimum atomic E-state index is -0.850. The van der Waals surface area contributed by atoms with Crippen LogP contribution in [0.25, 0.3) is 0 Å². The summed E-state index contributed by atoms with van der Waals surface area (Å²) < 4.78 is 27.3. The van der Waals surface area contributed by atoms with E-state index in [2.05, 4.69) is 5.32 Å². The van der Waals surface area contributed by atoms with E-state index in [1.54, 1.807) is 0 Å². The number of piperidine rings is 1. The SMILES string of the molecule is Oc1cc(F)c(CC2CCCCN2)c(F)c1Cl. The standard InChI is InChI=1S/C12H14ClF2NO/c13-11-10(17)6-9(14)8(12(11)15)5-7-3-1-2-4-16-7/h6-7,16-17H,1-5H2. The van der Waals surface area contributed by atoms with Gasteiger partial charge in [0.2, 0.25) is 0 Å². The summed E-state index contributed by atoms with van der Waals surface area (Å²) in [7, 11) is 0. The highest BCUT2D eigenvalue weighted by Gasteiger charge is 2.21. The van der Waals surface area contributed by atoms with Gasteiger partial charge in [-0.2, -0.15) is 0 Å². The third-order valence-corrected chi connectivity index (χ3v) is 3.46. The second-order valence-corrected chi connectivity index (χ2v) is 4.71. The number of phenolic OH excluding ortho intramolecular Hbond substituents is 1. The highest BCUT2D eigenvalue weighted by atomic mass is 35.5. The third kappa shape index (κ3) is 2.69. The van der Waals surface area contributed by atoms with E-state index in [1.165, 1.54) is 0 Å². The van der Waals surface area contributed by atoms with Crippen molar-refractivity contribution in [3.63, 3.8) is 0 Å². The van der Waals surface area contributed by atoms with Crippen molar-refractivity contribution < 1.29 is 13.9 Å². The Labute approximate surface area is 104 Å². The first-order valence-corrected chi connectivity index (χ1v) is 6.06. The van der Waals surface area contributed by atoms with E-state index in [1.807, 2.05) is 0 Å². The molecule has 2 nitrogen and oxygen atoms in total. The van der Waals surface area contributed by atoms with Crippen LogP contribution in [0.3, 0.4) is 0 Å². The van der Waals surface area contributed by atoms with Gasteiger partial charge in [-0.25, -0.2) is 8.78 Å². The molecule has 1 aromatic carbocycles. The smallest absolute Gasteiger partial charge is 0.151 e. The van der Waals surface area contributed by atoms with Crippen LogP contribution in [0.4, 0.5) is 8.78 Å². The molecule has 2 rings (SSSR count). The van der Waals surface area contributed by atoms with E-state index < -0.39 is 22.4 Å². The van der Waals surface area contributed by atoms with Gasteiger partial charge in [0.05, 0.1) is 0 Å². The molecular formula is C12H14ClF2NO. The first kappa shape index (κ1) is 12.6. The molecule has 0 aromatic heterocycles. The molecule has 0 radical (unpaired) electrons. The lowest BCUT2D eigenvalue weighted by Crippen LogP contribution is -2.36. The minimum Gasteiger partial charge on any atom is -0.506 e. The van der Waals surface area contributed by atoms with E-state index in [-0.39, 0.29) is 18.0 Å². The normalized spacial score (nSPS) is 20.5. The van der Waals surface area contributed by atoms with Crippen molar-refractivity contribution in [1.29, 1.82) is 0 Å². The Hall–Kier alpha value is -0.870. The number of hydrogen-bond donors (Lipinski definition) is 2. The fraction of sp³-hybridized carbons (Fsp3) is 0.500. The molecule has 94 valence electrons. The number of benzene rings is 1. The molecule has 0 amide bonds. The monoisotopic (exact) mass is 261 g/mol. The van der Waals surface area contributed by atoms with Gasteiger partial charge < -0.3 is 10.4 Å². The molecule has 1 aromatic rings. The molecule has 1 aliphatic rings. The lowest BCUT2D eigenvalue weighted by atomic mass is 9.97. The molecule has 17 heavy (non-hydrogen) atoms. The van der Waals surface area contributed by atoms with Gasteiger partial charge in [-0.15, -0.1) is 0 Å². The van der Waals surface area contributed by atoms with Crippen molar-refractivity contribution in [2.75, 3.05) is 6.54 Å². The Morgan fingerprint density at radius 3 is 2.82 bits per heavy atom. The molecule has 2 N–H and O–H groups in total. The van der Waals surface area contributed by atoms with Gasteiger partial charge in [0.1, 0.15) is 16.6 Å². The van der Waals surface area contributed by atoms with E-state index >= 15 is 0 Å². The summed E-state index contributed by atoms with van der Waals surface area (Å²) in [5, 5.41) is 12.0. The topological polar surface area (TPSA) is 32.3 Å². The van der Waals surface area contributed by atoms with Gasteiger partial charge in [0, 0.05) is 17.7 Å². The van der Waals surface area contributed by atoms with Crippen molar-refractivity contribution in [1.82, 2.24) is 5.32 Å². The summed E-state index contributed by atoms with van der Waals surface area (Å²) in [4.78, 5) is 0. The van der Waals surface area contributed by atoms with Crippen LogP contribution < -0.4 is 5.32 Å². The van der Waals surface area contributed by atoms with Gasteiger partial charge in [0.25, 0.3) is 0 Å². The average Bonchev–Trinajstić information content (AvgIpc) is 2.33. The lowest BCUT2D eigenvalue weighted by Gasteiger charge is -2.24. The molecule has 1 aliphatic heterocycles. The van der Waals surface area contributed by atoms with E-state index in [4.69, 9.17) is 11.6 Å². The Morgan fingerprint density at radius 2 is 2.18 bits per heavy atom. The number of phenols is 1. The highest BCUT2D eigenvalue weighted by Crippen LogP contribution is 2.31. The maximum absolute atomic E-state index is 13.7. The second-order valence-electron chi connectivity index (χ2n) is 4.33. The van der Waals surface area contributed by atoms with Crippen molar-refractivity contribution >= 4 is 11.6 Å². The Bertz CT molecular complexity index is 419. The lowest BCUT2D eigenvalue weighted by molar-refractivity contribution is 0.387. The van der Waals surface area contributed by atoms with Crippen LogP contribution in [0.2, 0.25) is 5.02 Å². The fourth-order valence-electron chi connectivity index (χ4n) is 2.15. The molecule has 1 fully saturated rings. The van der Waals surface area contributed by atoms with Crippen molar-refractivity contribution in [2.45, 2.75) is 31.7 Å². The van der Waals surface area contributed by atoms with E-state index in [0.717, 1.165) is 31.9 Å². The number of rotatable bonds is 2. The largest absolute Gasteiger partial charge is 0.506 e. The van der Waals surface area contributed by atoms with Crippen molar-refractivity contribution in [2.24, 2.45) is 0 Å². The van der Waals surface area contributed by atoms with Gasteiger partial charge in [-0.3, -0.25) is 0 Å². The van der Waals surface area contributed by atoms with Crippen LogP contribution >= 0.6 is 11.6 Å². The van der Waals surface area contributed by atoms with Crippen LogP contribution in [0.5, 0.6) is 5.75 Å². The Balaban J connectivity index is 2.22.